The molecular formula is C20H20BrN3O2. The van der Waals surface area contributed by atoms with Crippen LogP contribution in [-0.2, 0) is 20.2 Å². The fraction of sp³-hybridized carbons (Fsp3) is 0.200. The molecule has 0 fully saturated rings. The Balaban J connectivity index is 1.59. The molecular weight excluding hydrogens is 394 g/mol. The maximum Gasteiger partial charge on any atom is 0.251 e. The molecule has 0 atom stereocenters. The molecule has 0 spiro atoms. The van der Waals surface area contributed by atoms with E-state index >= 15 is 0 Å². The van der Waals surface area contributed by atoms with Crippen LogP contribution in [0.3, 0.4) is 0 Å². The molecule has 1 heterocycles. The lowest BCUT2D eigenvalue weighted by Gasteiger charge is -2.08. The first-order valence-corrected chi connectivity index (χ1v) is 9.05. The first-order chi connectivity index (χ1) is 12.5. The fourth-order valence-corrected chi connectivity index (χ4v) is 2.90. The van der Waals surface area contributed by atoms with Crippen molar-refractivity contribution in [1.82, 2.24) is 15.1 Å². The smallest absolute Gasteiger partial charge is 0.251 e. The van der Waals surface area contributed by atoms with Gasteiger partial charge in [0, 0.05) is 22.8 Å². The highest BCUT2D eigenvalue weighted by Crippen LogP contribution is 2.19. The largest absolute Gasteiger partial charge is 0.489 e. The minimum Gasteiger partial charge on any atom is -0.489 e. The van der Waals surface area contributed by atoms with Crippen molar-refractivity contribution in [2.75, 3.05) is 0 Å². The third-order valence-corrected chi connectivity index (χ3v) is 4.48. The summed E-state index contributed by atoms with van der Waals surface area (Å²) in [4.78, 5) is 12.4. The van der Waals surface area contributed by atoms with Gasteiger partial charge in [-0.25, -0.2) is 0 Å². The van der Waals surface area contributed by atoms with E-state index in [-0.39, 0.29) is 5.91 Å². The Morgan fingerprint density at radius 3 is 2.73 bits per heavy atom. The topological polar surface area (TPSA) is 56.1 Å². The second kappa shape index (κ2) is 8.19. The van der Waals surface area contributed by atoms with Gasteiger partial charge in [0.25, 0.3) is 5.91 Å². The number of aromatic nitrogens is 2. The van der Waals surface area contributed by atoms with Gasteiger partial charge < -0.3 is 10.1 Å². The Labute approximate surface area is 161 Å². The number of aryl methyl sites for hydroxylation is 2. The minimum atomic E-state index is -0.127. The normalized spacial score (nSPS) is 10.6. The van der Waals surface area contributed by atoms with E-state index in [1.165, 1.54) is 0 Å². The lowest BCUT2D eigenvalue weighted by molar-refractivity contribution is 0.0950. The minimum absolute atomic E-state index is 0.127. The first-order valence-electron chi connectivity index (χ1n) is 8.26. The van der Waals surface area contributed by atoms with E-state index in [0.717, 1.165) is 27.2 Å². The van der Waals surface area contributed by atoms with Crippen LogP contribution in [0.5, 0.6) is 5.75 Å². The number of carbonyl (C=O) groups excluding carboxylic acids is 1. The molecule has 0 aliphatic carbocycles. The number of nitrogens with one attached hydrogen (secondary N) is 1. The van der Waals surface area contributed by atoms with Crippen molar-refractivity contribution in [3.63, 3.8) is 0 Å². The van der Waals surface area contributed by atoms with Gasteiger partial charge >= 0.3 is 0 Å². The van der Waals surface area contributed by atoms with E-state index in [4.69, 9.17) is 4.74 Å². The Bertz CT molecular complexity index is 901. The molecule has 26 heavy (non-hydrogen) atoms. The average Bonchev–Trinajstić information content (AvgIpc) is 2.96. The quantitative estimate of drug-likeness (QED) is 0.664. The molecule has 0 saturated heterocycles. The van der Waals surface area contributed by atoms with E-state index in [1.807, 2.05) is 62.5 Å². The number of halogens is 1. The molecule has 0 aliphatic rings. The van der Waals surface area contributed by atoms with E-state index in [1.54, 1.807) is 10.7 Å². The van der Waals surface area contributed by atoms with Crippen molar-refractivity contribution in [3.05, 3.63) is 81.6 Å². The summed E-state index contributed by atoms with van der Waals surface area (Å²) in [6.45, 7) is 2.78. The molecule has 0 unspecified atom stereocenters. The molecule has 134 valence electrons. The Kier molecular flexibility index (Phi) is 5.73. The summed E-state index contributed by atoms with van der Waals surface area (Å²) in [7, 11) is 1.88. The van der Waals surface area contributed by atoms with E-state index in [2.05, 4.69) is 26.3 Å². The van der Waals surface area contributed by atoms with Crippen LogP contribution in [0.1, 0.15) is 27.3 Å². The third-order valence-electron chi connectivity index (χ3n) is 3.99. The molecule has 1 aromatic heterocycles. The molecule has 1 amide bonds. The van der Waals surface area contributed by atoms with Crippen LogP contribution in [0.15, 0.2) is 59.1 Å². The van der Waals surface area contributed by atoms with Gasteiger partial charge in [0.2, 0.25) is 0 Å². The molecule has 0 saturated carbocycles. The summed E-state index contributed by atoms with van der Waals surface area (Å²) < 4.78 is 8.54. The molecule has 0 bridgehead atoms. The van der Waals surface area contributed by atoms with E-state index in [0.29, 0.717) is 18.7 Å². The molecule has 5 nitrogen and oxygen atoms in total. The summed E-state index contributed by atoms with van der Waals surface area (Å²) >= 11 is 3.42. The zero-order valence-corrected chi connectivity index (χ0v) is 16.3. The van der Waals surface area contributed by atoms with Crippen molar-refractivity contribution < 1.29 is 9.53 Å². The summed E-state index contributed by atoms with van der Waals surface area (Å²) in [6.07, 6.45) is 0. The van der Waals surface area contributed by atoms with Crippen LogP contribution in [0.25, 0.3) is 0 Å². The van der Waals surface area contributed by atoms with Gasteiger partial charge in [0.1, 0.15) is 12.4 Å². The molecule has 6 heteroatoms. The highest BCUT2D eigenvalue weighted by molar-refractivity contribution is 9.10. The SMILES string of the molecule is Cc1cc(CNC(=O)c2cccc(COc3cccc(Br)c3)c2)nn1C. The average molecular weight is 414 g/mol. The highest BCUT2D eigenvalue weighted by atomic mass is 79.9. The van der Waals surface area contributed by atoms with Crippen LogP contribution in [0.2, 0.25) is 0 Å². The van der Waals surface area contributed by atoms with Gasteiger partial charge in [0.05, 0.1) is 12.2 Å². The lowest BCUT2D eigenvalue weighted by Crippen LogP contribution is -2.23. The Morgan fingerprint density at radius 1 is 1.19 bits per heavy atom. The predicted molar refractivity (Wildman–Crippen MR) is 104 cm³/mol. The first kappa shape index (κ1) is 18.2. The van der Waals surface area contributed by atoms with E-state index < -0.39 is 0 Å². The van der Waals surface area contributed by atoms with Crippen molar-refractivity contribution >= 4 is 21.8 Å². The number of amides is 1. The molecule has 1 N–H and O–H groups in total. The van der Waals surface area contributed by atoms with Crippen LogP contribution < -0.4 is 10.1 Å². The number of rotatable bonds is 6. The van der Waals surface area contributed by atoms with E-state index in [9.17, 15) is 4.79 Å². The van der Waals surface area contributed by atoms with Gasteiger partial charge in [0.15, 0.2) is 0 Å². The molecule has 0 radical (unpaired) electrons. The number of hydrogen-bond donors (Lipinski definition) is 1. The van der Waals surface area contributed by atoms with Crippen molar-refractivity contribution in [2.24, 2.45) is 7.05 Å². The molecule has 2 aromatic carbocycles. The van der Waals surface area contributed by atoms with Crippen LogP contribution in [-0.4, -0.2) is 15.7 Å². The van der Waals surface area contributed by atoms with Gasteiger partial charge in [-0.1, -0.05) is 34.1 Å². The maximum absolute atomic E-state index is 12.4. The third kappa shape index (κ3) is 4.73. The summed E-state index contributed by atoms with van der Waals surface area (Å²) in [6, 6.07) is 17.1. The second-order valence-electron chi connectivity index (χ2n) is 6.03. The number of benzene rings is 2. The van der Waals surface area contributed by atoms with Gasteiger partial charge in [-0.05, 0) is 48.9 Å². The van der Waals surface area contributed by atoms with Gasteiger partial charge in [-0.15, -0.1) is 0 Å². The maximum atomic E-state index is 12.4. The highest BCUT2D eigenvalue weighted by Gasteiger charge is 2.08. The molecule has 3 aromatic rings. The van der Waals surface area contributed by atoms with Crippen molar-refractivity contribution in [2.45, 2.75) is 20.1 Å². The van der Waals surface area contributed by atoms with Crippen molar-refractivity contribution in [1.29, 1.82) is 0 Å². The summed E-state index contributed by atoms with van der Waals surface area (Å²) in [5, 5.41) is 7.24. The number of nitrogens with zero attached hydrogens (tertiary/aromatic N) is 2. The van der Waals surface area contributed by atoms with Gasteiger partial charge in [-0.3, -0.25) is 9.48 Å². The monoisotopic (exact) mass is 413 g/mol. The second-order valence-corrected chi connectivity index (χ2v) is 6.95. The number of hydrogen-bond acceptors (Lipinski definition) is 3. The molecule has 0 aliphatic heterocycles. The van der Waals surface area contributed by atoms with Crippen molar-refractivity contribution in [3.8, 4) is 5.75 Å². The number of carbonyl (C=O) groups is 1. The van der Waals surface area contributed by atoms with Gasteiger partial charge in [-0.2, -0.15) is 5.10 Å². The Morgan fingerprint density at radius 2 is 2.00 bits per heavy atom. The molecule has 3 rings (SSSR count). The summed E-state index contributed by atoms with van der Waals surface area (Å²) in [5.41, 5.74) is 3.44. The summed E-state index contributed by atoms with van der Waals surface area (Å²) in [5.74, 6) is 0.650. The lowest BCUT2D eigenvalue weighted by atomic mass is 10.1. The van der Waals surface area contributed by atoms with Crippen LogP contribution >= 0.6 is 15.9 Å². The zero-order chi connectivity index (χ0) is 18.5. The number of ether oxygens (including phenoxy) is 1. The Hall–Kier alpha value is -2.60. The zero-order valence-electron chi connectivity index (χ0n) is 14.7. The standard InChI is InChI=1S/C20H20BrN3O2/c1-14-9-18(23-24(14)2)12-22-20(25)16-6-3-5-15(10-16)13-26-19-8-4-7-17(21)11-19/h3-11H,12-13H2,1-2H3,(H,22,25). The van der Waals surface area contributed by atoms with Crippen LogP contribution in [0.4, 0.5) is 0 Å². The fourth-order valence-electron chi connectivity index (χ4n) is 2.52. The van der Waals surface area contributed by atoms with Crippen LogP contribution in [0, 0.1) is 6.92 Å². The predicted octanol–water partition coefficient (Wildman–Crippen LogP) is 4.00.